The molecule has 0 fully saturated rings. The maximum Gasteiger partial charge on any atom is 0.131 e. The Morgan fingerprint density at radius 2 is 1.88 bits per heavy atom. The molecule has 0 aliphatic rings. The number of nitriles is 1. The molecule has 0 amide bonds. The van der Waals surface area contributed by atoms with Crippen molar-refractivity contribution in [2.45, 2.75) is 6.61 Å². The second kappa shape index (κ2) is 4.77. The maximum absolute atomic E-state index is 13.6. The van der Waals surface area contributed by atoms with E-state index in [4.69, 9.17) is 10.4 Å². The molecular weight excluding hydrogens is 217 g/mol. The Bertz CT molecular complexity index is 587. The van der Waals surface area contributed by atoms with Crippen molar-refractivity contribution in [3.63, 3.8) is 0 Å². The number of benzene rings is 2. The molecule has 3 heteroatoms. The number of hydrogen-bond acceptors (Lipinski definition) is 2. The van der Waals surface area contributed by atoms with Gasteiger partial charge < -0.3 is 5.11 Å². The van der Waals surface area contributed by atoms with Crippen molar-refractivity contribution in [3.8, 4) is 17.2 Å². The molecule has 0 aliphatic heterocycles. The predicted molar refractivity (Wildman–Crippen MR) is 62.5 cm³/mol. The fraction of sp³-hybridized carbons (Fsp3) is 0.0714. The third kappa shape index (κ3) is 2.17. The number of aliphatic hydroxyl groups excluding tert-OH is 1. The second-order valence-corrected chi connectivity index (χ2v) is 3.63. The number of halogens is 1. The van der Waals surface area contributed by atoms with Crippen molar-refractivity contribution in [1.29, 1.82) is 5.26 Å². The molecule has 0 heterocycles. The highest BCUT2D eigenvalue weighted by molar-refractivity contribution is 5.71. The lowest BCUT2D eigenvalue weighted by Crippen LogP contribution is -1.91. The normalized spacial score (nSPS) is 9.94. The van der Waals surface area contributed by atoms with Gasteiger partial charge in [-0.25, -0.2) is 4.39 Å². The third-order valence-electron chi connectivity index (χ3n) is 2.55. The summed E-state index contributed by atoms with van der Waals surface area (Å²) in [7, 11) is 0. The minimum Gasteiger partial charge on any atom is -0.392 e. The molecule has 17 heavy (non-hydrogen) atoms. The van der Waals surface area contributed by atoms with Crippen molar-refractivity contribution in [3.05, 3.63) is 59.4 Å². The van der Waals surface area contributed by atoms with Gasteiger partial charge in [-0.2, -0.15) is 5.26 Å². The zero-order chi connectivity index (χ0) is 12.3. The Labute approximate surface area is 98.6 Å². The zero-order valence-corrected chi connectivity index (χ0v) is 9.02. The van der Waals surface area contributed by atoms with Crippen LogP contribution in [0.15, 0.2) is 42.5 Å². The molecule has 2 nitrogen and oxygen atoms in total. The van der Waals surface area contributed by atoms with E-state index in [-0.39, 0.29) is 12.4 Å². The van der Waals surface area contributed by atoms with E-state index in [0.29, 0.717) is 22.3 Å². The Balaban J connectivity index is 2.61. The highest BCUT2D eigenvalue weighted by atomic mass is 19.1. The maximum atomic E-state index is 13.6. The largest absolute Gasteiger partial charge is 0.392 e. The van der Waals surface area contributed by atoms with Gasteiger partial charge in [-0.3, -0.25) is 0 Å². The summed E-state index contributed by atoms with van der Waals surface area (Å²) >= 11 is 0. The molecule has 0 saturated carbocycles. The smallest absolute Gasteiger partial charge is 0.131 e. The van der Waals surface area contributed by atoms with E-state index in [1.165, 1.54) is 6.07 Å². The molecule has 2 rings (SSSR count). The van der Waals surface area contributed by atoms with E-state index in [9.17, 15) is 4.39 Å². The van der Waals surface area contributed by atoms with Crippen molar-refractivity contribution in [1.82, 2.24) is 0 Å². The first-order valence-corrected chi connectivity index (χ1v) is 5.15. The zero-order valence-electron chi connectivity index (χ0n) is 9.02. The SMILES string of the molecule is N#Cc1cc(CO)ccc1-c1ccccc1F. The molecule has 0 spiro atoms. The average Bonchev–Trinajstić information content (AvgIpc) is 2.38. The standard InChI is InChI=1S/C14H10FNO/c15-14-4-2-1-3-13(14)12-6-5-10(9-17)7-11(12)8-16/h1-7,17H,9H2. The lowest BCUT2D eigenvalue weighted by atomic mass is 9.98. The molecule has 0 radical (unpaired) electrons. The first-order valence-electron chi connectivity index (χ1n) is 5.15. The quantitative estimate of drug-likeness (QED) is 0.857. The molecule has 0 atom stereocenters. The van der Waals surface area contributed by atoms with Crippen LogP contribution in [0.2, 0.25) is 0 Å². The molecule has 0 unspecified atom stereocenters. The van der Waals surface area contributed by atoms with Gasteiger partial charge in [-0.1, -0.05) is 30.3 Å². The molecule has 0 saturated heterocycles. The Morgan fingerprint density at radius 3 is 2.53 bits per heavy atom. The molecular formula is C14H10FNO. The van der Waals surface area contributed by atoms with E-state index < -0.39 is 0 Å². The molecule has 84 valence electrons. The molecule has 2 aromatic rings. The van der Waals surface area contributed by atoms with Crippen LogP contribution in [0.3, 0.4) is 0 Å². The number of nitrogens with zero attached hydrogens (tertiary/aromatic N) is 1. The van der Waals surface area contributed by atoms with Gasteiger partial charge in [0, 0.05) is 11.1 Å². The van der Waals surface area contributed by atoms with Crippen LogP contribution in [0.4, 0.5) is 4.39 Å². The van der Waals surface area contributed by atoms with Gasteiger partial charge >= 0.3 is 0 Å². The van der Waals surface area contributed by atoms with Gasteiger partial charge in [0.2, 0.25) is 0 Å². The summed E-state index contributed by atoms with van der Waals surface area (Å²) in [5.41, 5.74) is 1.94. The summed E-state index contributed by atoms with van der Waals surface area (Å²) in [5.74, 6) is -0.360. The number of rotatable bonds is 2. The van der Waals surface area contributed by atoms with Crippen molar-refractivity contribution in [2.75, 3.05) is 0 Å². The van der Waals surface area contributed by atoms with Crippen LogP contribution in [-0.4, -0.2) is 5.11 Å². The van der Waals surface area contributed by atoms with E-state index in [2.05, 4.69) is 0 Å². The molecule has 0 aromatic heterocycles. The molecule has 2 aromatic carbocycles. The van der Waals surface area contributed by atoms with Gasteiger partial charge in [0.25, 0.3) is 0 Å². The summed E-state index contributed by atoms with van der Waals surface area (Å²) in [6.45, 7) is -0.133. The monoisotopic (exact) mass is 227 g/mol. The van der Waals surface area contributed by atoms with E-state index >= 15 is 0 Å². The summed E-state index contributed by atoms with van der Waals surface area (Å²) in [6, 6.07) is 13.2. The van der Waals surface area contributed by atoms with Crippen LogP contribution in [0.1, 0.15) is 11.1 Å². The van der Waals surface area contributed by atoms with Crippen LogP contribution in [0, 0.1) is 17.1 Å². The first kappa shape index (κ1) is 11.3. The van der Waals surface area contributed by atoms with Crippen molar-refractivity contribution < 1.29 is 9.50 Å². The van der Waals surface area contributed by atoms with Gasteiger partial charge in [0.15, 0.2) is 0 Å². The van der Waals surface area contributed by atoms with E-state index in [1.807, 2.05) is 6.07 Å². The van der Waals surface area contributed by atoms with Crippen LogP contribution in [0.25, 0.3) is 11.1 Å². The fourth-order valence-electron chi connectivity index (χ4n) is 1.70. The van der Waals surface area contributed by atoms with Gasteiger partial charge in [0.1, 0.15) is 5.82 Å². The summed E-state index contributed by atoms with van der Waals surface area (Å²) < 4.78 is 13.6. The molecule has 0 bridgehead atoms. The lowest BCUT2D eigenvalue weighted by molar-refractivity contribution is 0.282. The molecule has 1 N–H and O–H groups in total. The Hall–Kier alpha value is -2.18. The van der Waals surface area contributed by atoms with E-state index in [0.717, 1.165) is 0 Å². The lowest BCUT2D eigenvalue weighted by Gasteiger charge is -2.06. The van der Waals surface area contributed by atoms with Gasteiger partial charge in [-0.15, -0.1) is 0 Å². The summed E-state index contributed by atoms with van der Waals surface area (Å²) in [4.78, 5) is 0. The van der Waals surface area contributed by atoms with Crippen LogP contribution in [-0.2, 0) is 6.61 Å². The van der Waals surface area contributed by atoms with Crippen LogP contribution >= 0.6 is 0 Å². The highest BCUT2D eigenvalue weighted by Gasteiger charge is 2.09. The summed E-state index contributed by atoms with van der Waals surface area (Å²) in [6.07, 6.45) is 0. The van der Waals surface area contributed by atoms with Crippen LogP contribution in [0.5, 0.6) is 0 Å². The van der Waals surface area contributed by atoms with Crippen molar-refractivity contribution in [2.24, 2.45) is 0 Å². The Kier molecular flexibility index (Phi) is 3.17. The van der Waals surface area contributed by atoms with Crippen LogP contribution < -0.4 is 0 Å². The number of aliphatic hydroxyl groups is 1. The van der Waals surface area contributed by atoms with Gasteiger partial charge in [0.05, 0.1) is 18.2 Å². The average molecular weight is 227 g/mol. The fourth-order valence-corrected chi connectivity index (χ4v) is 1.70. The minimum absolute atomic E-state index is 0.133. The minimum atomic E-state index is -0.360. The van der Waals surface area contributed by atoms with Crippen molar-refractivity contribution >= 4 is 0 Å². The predicted octanol–water partition coefficient (Wildman–Crippen LogP) is 2.86. The Morgan fingerprint density at radius 1 is 1.12 bits per heavy atom. The molecule has 0 aliphatic carbocycles. The highest BCUT2D eigenvalue weighted by Crippen LogP contribution is 2.26. The third-order valence-corrected chi connectivity index (χ3v) is 2.55. The first-order chi connectivity index (χ1) is 8.26. The topological polar surface area (TPSA) is 44.0 Å². The summed E-state index contributed by atoms with van der Waals surface area (Å²) in [5, 5.41) is 18.0. The van der Waals surface area contributed by atoms with E-state index in [1.54, 1.807) is 36.4 Å². The van der Waals surface area contributed by atoms with Gasteiger partial charge in [-0.05, 0) is 17.7 Å². The number of hydrogen-bond donors (Lipinski definition) is 1. The second-order valence-electron chi connectivity index (χ2n) is 3.63.